The normalized spacial score (nSPS) is 19.0. The molecule has 0 aromatic heterocycles. The van der Waals surface area contributed by atoms with Gasteiger partial charge in [0.1, 0.15) is 0 Å². The number of hydrogen-bond acceptors (Lipinski definition) is 5. The first-order valence-corrected chi connectivity index (χ1v) is 11.0. The molecule has 0 bridgehead atoms. The second kappa shape index (κ2) is 8.56. The molecule has 0 radical (unpaired) electrons. The van der Waals surface area contributed by atoms with Crippen molar-refractivity contribution < 1.29 is 22.7 Å². The summed E-state index contributed by atoms with van der Waals surface area (Å²) in [5.74, 6) is -1.10. The molecule has 1 heterocycles. The number of hydrogen-bond donors (Lipinski definition) is 1. The van der Waals surface area contributed by atoms with E-state index in [2.05, 4.69) is 5.32 Å². The van der Waals surface area contributed by atoms with Gasteiger partial charge in [0.25, 0.3) is 5.91 Å². The number of benzene rings is 2. The average molecular weight is 401 g/mol. The van der Waals surface area contributed by atoms with Crippen molar-refractivity contribution in [3.63, 3.8) is 0 Å². The van der Waals surface area contributed by atoms with E-state index in [9.17, 15) is 18.0 Å². The maximum atomic E-state index is 12.5. The first kappa shape index (κ1) is 20.1. The van der Waals surface area contributed by atoms with E-state index in [4.69, 9.17) is 4.74 Å². The van der Waals surface area contributed by atoms with Crippen LogP contribution in [0.15, 0.2) is 54.6 Å². The molecule has 0 aliphatic carbocycles. The molecule has 2 aromatic carbocycles. The number of amides is 1. The van der Waals surface area contributed by atoms with Crippen LogP contribution >= 0.6 is 0 Å². The maximum absolute atomic E-state index is 12.5. The van der Waals surface area contributed by atoms with Gasteiger partial charge in [-0.3, -0.25) is 9.59 Å². The number of sulfone groups is 1. The van der Waals surface area contributed by atoms with E-state index in [1.54, 1.807) is 6.07 Å². The molecule has 2 atom stereocenters. The first-order chi connectivity index (χ1) is 13.3. The molecule has 1 saturated heterocycles. The van der Waals surface area contributed by atoms with Crippen LogP contribution in [-0.2, 0) is 24.2 Å². The third-order valence-corrected chi connectivity index (χ3v) is 6.57. The fraction of sp³-hybridized carbons (Fsp3) is 0.333. The van der Waals surface area contributed by atoms with Crippen molar-refractivity contribution in [1.82, 2.24) is 0 Å². The second-order valence-corrected chi connectivity index (χ2v) is 9.23. The summed E-state index contributed by atoms with van der Waals surface area (Å²) >= 11 is 0. The van der Waals surface area contributed by atoms with Gasteiger partial charge in [-0.2, -0.15) is 0 Å². The van der Waals surface area contributed by atoms with Gasteiger partial charge in [0.2, 0.25) is 0 Å². The van der Waals surface area contributed by atoms with Crippen molar-refractivity contribution in [3.05, 3.63) is 54.6 Å². The Morgan fingerprint density at radius 2 is 1.79 bits per heavy atom. The average Bonchev–Trinajstić information content (AvgIpc) is 3.01. The minimum absolute atomic E-state index is 0.00707. The molecular formula is C21H23NO5S. The van der Waals surface area contributed by atoms with Crippen LogP contribution < -0.4 is 5.32 Å². The predicted octanol–water partition coefficient (Wildman–Crippen LogP) is 3.05. The summed E-state index contributed by atoms with van der Waals surface area (Å²) in [6, 6.07) is 17.1. The topological polar surface area (TPSA) is 89.5 Å². The third kappa shape index (κ3) is 5.19. The Morgan fingerprint density at radius 1 is 1.11 bits per heavy atom. The summed E-state index contributed by atoms with van der Waals surface area (Å²) in [4.78, 5) is 24.6. The number of rotatable bonds is 6. The van der Waals surface area contributed by atoms with Gasteiger partial charge in [-0.05, 0) is 30.9 Å². The molecule has 1 aliphatic heterocycles. The fourth-order valence-electron chi connectivity index (χ4n) is 3.26. The lowest BCUT2D eigenvalue weighted by Gasteiger charge is -2.16. The lowest BCUT2D eigenvalue weighted by atomic mass is 10.0. The Balaban J connectivity index is 1.60. The molecule has 1 aliphatic rings. The molecule has 1 N–H and O–H groups in total. The zero-order valence-electron chi connectivity index (χ0n) is 15.6. The van der Waals surface area contributed by atoms with Gasteiger partial charge in [-0.25, -0.2) is 8.42 Å². The third-order valence-electron chi connectivity index (χ3n) is 4.73. The van der Waals surface area contributed by atoms with Crippen LogP contribution in [0.1, 0.15) is 19.8 Å². The summed E-state index contributed by atoms with van der Waals surface area (Å²) in [6.07, 6.45) is -0.505. The molecule has 28 heavy (non-hydrogen) atoms. The lowest BCUT2D eigenvalue weighted by molar-refractivity contribution is -0.153. The van der Waals surface area contributed by atoms with Crippen molar-refractivity contribution in [2.24, 2.45) is 5.92 Å². The summed E-state index contributed by atoms with van der Waals surface area (Å²) in [6.45, 7) is 1.50. The maximum Gasteiger partial charge on any atom is 0.306 e. The monoisotopic (exact) mass is 401 g/mol. The Hall–Kier alpha value is -2.67. The minimum atomic E-state index is -3.04. The van der Waals surface area contributed by atoms with Gasteiger partial charge in [-0.1, -0.05) is 48.5 Å². The van der Waals surface area contributed by atoms with Crippen molar-refractivity contribution in [3.8, 4) is 11.1 Å². The van der Waals surface area contributed by atoms with Crippen molar-refractivity contribution in [2.75, 3.05) is 16.8 Å². The Bertz CT molecular complexity index is 956. The number of para-hydroxylation sites is 1. The number of carbonyl (C=O) groups is 2. The van der Waals surface area contributed by atoms with Gasteiger partial charge >= 0.3 is 5.97 Å². The van der Waals surface area contributed by atoms with Crippen LogP contribution in [0.3, 0.4) is 0 Å². The van der Waals surface area contributed by atoms with Gasteiger partial charge in [0.15, 0.2) is 15.9 Å². The number of ether oxygens (including phenoxy) is 1. The standard InChI is InChI=1S/C21H23NO5S/c1-15(27-20(23)13-16-11-12-28(25,26)14-16)21(24)22-19-10-6-5-9-18(19)17-7-3-2-4-8-17/h2-10,15-16H,11-14H2,1H3,(H,22,24)/t15-,16+/m0/s1. The molecule has 0 spiro atoms. The van der Waals surface area contributed by atoms with E-state index < -0.39 is 27.8 Å². The van der Waals surface area contributed by atoms with Crippen LogP contribution in [0, 0.1) is 5.92 Å². The van der Waals surface area contributed by atoms with Crippen LogP contribution in [-0.4, -0.2) is 37.9 Å². The molecule has 148 valence electrons. The highest BCUT2D eigenvalue weighted by Crippen LogP contribution is 2.28. The fourth-order valence-corrected chi connectivity index (χ4v) is 5.13. The smallest absolute Gasteiger partial charge is 0.306 e. The highest BCUT2D eigenvalue weighted by Gasteiger charge is 2.30. The van der Waals surface area contributed by atoms with Crippen LogP contribution in [0.5, 0.6) is 0 Å². The number of esters is 1. The molecule has 3 rings (SSSR count). The summed E-state index contributed by atoms with van der Waals surface area (Å²) in [5.41, 5.74) is 2.46. The molecule has 6 nitrogen and oxygen atoms in total. The van der Waals surface area contributed by atoms with Crippen LogP contribution in [0.4, 0.5) is 5.69 Å². The van der Waals surface area contributed by atoms with Gasteiger partial charge in [0.05, 0.1) is 11.5 Å². The highest BCUT2D eigenvalue weighted by molar-refractivity contribution is 7.91. The van der Waals surface area contributed by atoms with Gasteiger partial charge in [-0.15, -0.1) is 0 Å². The van der Waals surface area contributed by atoms with Crippen LogP contribution in [0.2, 0.25) is 0 Å². The van der Waals surface area contributed by atoms with Crippen molar-refractivity contribution >= 4 is 27.4 Å². The SMILES string of the molecule is C[C@H](OC(=O)C[C@H]1CCS(=O)(=O)C1)C(=O)Nc1ccccc1-c1ccccc1. The lowest BCUT2D eigenvalue weighted by Crippen LogP contribution is -2.30. The summed E-state index contributed by atoms with van der Waals surface area (Å²) in [5, 5.41) is 2.81. The molecule has 1 amide bonds. The second-order valence-electron chi connectivity index (χ2n) is 7.01. The van der Waals surface area contributed by atoms with E-state index in [0.717, 1.165) is 11.1 Å². The molecule has 2 aromatic rings. The number of anilines is 1. The van der Waals surface area contributed by atoms with Gasteiger partial charge < -0.3 is 10.1 Å². The largest absolute Gasteiger partial charge is 0.453 e. The van der Waals surface area contributed by atoms with Crippen LogP contribution in [0.25, 0.3) is 11.1 Å². The minimum Gasteiger partial charge on any atom is -0.453 e. The van der Waals surface area contributed by atoms with Crippen molar-refractivity contribution in [2.45, 2.75) is 25.9 Å². The quantitative estimate of drug-likeness (QED) is 0.752. The summed E-state index contributed by atoms with van der Waals surface area (Å²) in [7, 11) is -3.04. The van der Waals surface area contributed by atoms with E-state index in [0.29, 0.717) is 12.1 Å². The van der Waals surface area contributed by atoms with E-state index >= 15 is 0 Å². The van der Waals surface area contributed by atoms with E-state index in [-0.39, 0.29) is 23.8 Å². The number of carbonyl (C=O) groups excluding carboxylic acids is 2. The zero-order chi connectivity index (χ0) is 20.1. The molecular weight excluding hydrogens is 378 g/mol. The summed E-state index contributed by atoms with van der Waals surface area (Å²) < 4.78 is 28.2. The molecule has 0 unspecified atom stereocenters. The van der Waals surface area contributed by atoms with Crippen molar-refractivity contribution in [1.29, 1.82) is 0 Å². The molecule has 0 saturated carbocycles. The Morgan fingerprint density at radius 3 is 2.46 bits per heavy atom. The predicted molar refractivity (Wildman–Crippen MR) is 107 cm³/mol. The molecule has 7 heteroatoms. The highest BCUT2D eigenvalue weighted by atomic mass is 32.2. The van der Waals surface area contributed by atoms with Gasteiger partial charge in [0, 0.05) is 17.7 Å². The zero-order valence-corrected chi connectivity index (χ0v) is 16.4. The van der Waals surface area contributed by atoms with E-state index in [1.165, 1.54) is 6.92 Å². The number of nitrogens with one attached hydrogen (secondary N) is 1. The first-order valence-electron chi connectivity index (χ1n) is 9.19. The Kier molecular flexibility index (Phi) is 6.14. The Labute approximate surface area is 164 Å². The molecule has 1 fully saturated rings. The van der Waals surface area contributed by atoms with E-state index in [1.807, 2.05) is 48.5 Å².